The minimum atomic E-state index is -0.274. The van der Waals surface area contributed by atoms with E-state index in [4.69, 9.17) is 23.2 Å². The maximum absolute atomic E-state index is 13.0. The number of carbonyl (C=O) groups is 1. The maximum Gasteiger partial charge on any atom is 0.252 e. The van der Waals surface area contributed by atoms with E-state index in [1.165, 1.54) is 29.5 Å². The van der Waals surface area contributed by atoms with Crippen LogP contribution < -0.4 is 5.32 Å². The van der Waals surface area contributed by atoms with Crippen molar-refractivity contribution >= 4 is 40.4 Å². The third-order valence-corrected chi connectivity index (χ3v) is 4.97. The first-order valence-corrected chi connectivity index (χ1v) is 9.10. The zero-order valence-electron chi connectivity index (χ0n) is 12.9. The zero-order valence-corrected chi connectivity index (χ0v) is 15.3. The molecule has 1 N–H and O–H groups in total. The molecule has 25 heavy (non-hydrogen) atoms. The number of rotatable bonds is 5. The van der Waals surface area contributed by atoms with Gasteiger partial charge in [0.05, 0.1) is 16.3 Å². The molecule has 0 fully saturated rings. The van der Waals surface area contributed by atoms with Crippen LogP contribution in [0.1, 0.15) is 16.1 Å². The van der Waals surface area contributed by atoms with E-state index in [1.54, 1.807) is 24.3 Å². The number of benzene rings is 2. The Balaban J connectivity index is 1.57. The van der Waals surface area contributed by atoms with E-state index >= 15 is 0 Å². The summed E-state index contributed by atoms with van der Waals surface area (Å²) in [6.45, 7) is 0.435. The summed E-state index contributed by atoms with van der Waals surface area (Å²) in [6, 6.07) is 11.0. The van der Waals surface area contributed by atoms with Gasteiger partial charge in [-0.3, -0.25) is 4.79 Å². The number of amides is 1. The number of carbonyl (C=O) groups excluding carboxylic acids is 1. The van der Waals surface area contributed by atoms with E-state index in [0.717, 1.165) is 16.3 Å². The van der Waals surface area contributed by atoms with Crippen molar-refractivity contribution in [3.8, 4) is 10.6 Å². The molecule has 0 atom stereocenters. The maximum atomic E-state index is 13.0. The van der Waals surface area contributed by atoms with E-state index in [-0.39, 0.29) is 11.7 Å². The number of nitrogens with zero attached hydrogens (tertiary/aromatic N) is 1. The van der Waals surface area contributed by atoms with Gasteiger partial charge in [0, 0.05) is 28.9 Å². The Morgan fingerprint density at radius 1 is 1.16 bits per heavy atom. The summed E-state index contributed by atoms with van der Waals surface area (Å²) in [6.07, 6.45) is 0.592. The van der Waals surface area contributed by atoms with Crippen LogP contribution in [-0.4, -0.2) is 17.4 Å². The van der Waals surface area contributed by atoms with Crippen LogP contribution >= 0.6 is 34.5 Å². The van der Waals surface area contributed by atoms with Crippen LogP contribution in [0.5, 0.6) is 0 Å². The Kier molecular flexibility index (Phi) is 5.68. The van der Waals surface area contributed by atoms with E-state index in [1.807, 2.05) is 5.38 Å². The number of aromatic nitrogens is 1. The van der Waals surface area contributed by atoms with Gasteiger partial charge in [-0.25, -0.2) is 9.37 Å². The van der Waals surface area contributed by atoms with E-state index in [2.05, 4.69) is 10.3 Å². The van der Waals surface area contributed by atoms with Crippen molar-refractivity contribution in [3.63, 3.8) is 0 Å². The van der Waals surface area contributed by atoms with Gasteiger partial charge in [-0.05, 0) is 42.5 Å². The minimum Gasteiger partial charge on any atom is -0.352 e. The van der Waals surface area contributed by atoms with Crippen molar-refractivity contribution < 1.29 is 9.18 Å². The van der Waals surface area contributed by atoms with Crippen molar-refractivity contribution in [1.82, 2.24) is 10.3 Å². The quantitative estimate of drug-likeness (QED) is 0.643. The molecule has 0 aliphatic heterocycles. The molecule has 3 rings (SSSR count). The van der Waals surface area contributed by atoms with Crippen LogP contribution in [0.25, 0.3) is 10.6 Å². The standard InChI is InChI=1S/C18H13Cl2FN2OS/c19-12-3-6-15(16(20)9-12)17(24)22-8-7-14-10-25-18(23-14)11-1-4-13(21)5-2-11/h1-6,9-10H,7-8H2,(H,22,24). The average Bonchev–Trinajstić information content (AvgIpc) is 3.04. The predicted molar refractivity (Wildman–Crippen MR) is 100 cm³/mol. The predicted octanol–water partition coefficient (Wildman–Crippen LogP) is 5.23. The van der Waals surface area contributed by atoms with Gasteiger partial charge in [-0.2, -0.15) is 0 Å². The van der Waals surface area contributed by atoms with Crippen molar-refractivity contribution in [3.05, 3.63) is 75.0 Å². The fourth-order valence-electron chi connectivity index (χ4n) is 2.22. The molecule has 128 valence electrons. The Morgan fingerprint density at radius 2 is 1.92 bits per heavy atom. The van der Waals surface area contributed by atoms with Crippen LogP contribution in [0, 0.1) is 5.82 Å². The summed E-state index contributed by atoms with van der Waals surface area (Å²) < 4.78 is 13.0. The van der Waals surface area contributed by atoms with Crippen LogP contribution in [0.3, 0.4) is 0 Å². The second-order valence-electron chi connectivity index (χ2n) is 5.28. The Hall–Kier alpha value is -1.95. The molecule has 0 spiro atoms. The fourth-order valence-corrected chi connectivity index (χ4v) is 3.57. The SMILES string of the molecule is O=C(NCCc1csc(-c2ccc(F)cc2)n1)c1ccc(Cl)cc1Cl. The van der Waals surface area contributed by atoms with Gasteiger partial charge in [0.1, 0.15) is 10.8 Å². The molecule has 0 aliphatic carbocycles. The first-order chi connectivity index (χ1) is 12.0. The van der Waals surface area contributed by atoms with Crippen molar-refractivity contribution in [1.29, 1.82) is 0 Å². The van der Waals surface area contributed by atoms with Crippen LogP contribution in [0.2, 0.25) is 10.0 Å². The molecule has 1 amide bonds. The van der Waals surface area contributed by atoms with Crippen molar-refractivity contribution in [2.75, 3.05) is 6.54 Å². The molecule has 0 aliphatic rings. The number of hydrogen-bond acceptors (Lipinski definition) is 3. The molecule has 0 saturated carbocycles. The third kappa shape index (κ3) is 4.57. The molecule has 7 heteroatoms. The number of halogens is 3. The Labute approximate surface area is 158 Å². The second kappa shape index (κ2) is 7.95. The van der Waals surface area contributed by atoms with Gasteiger partial charge in [-0.15, -0.1) is 11.3 Å². The van der Waals surface area contributed by atoms with E-state index < -0.39 is 0 Å². The highest BCUT2D eigenvalue weighted by Crippen LogP contribution is 2.24. The lowest BCUT2D eigenvalue weighted by molar-refractivity contribution is 0.0954. The molecule has 2 aromatic carbocycles. The summed E-state index contributed by atoms with van der Waals surface area (Å²) in [5.74, 6) is -0.528. The molecule has 0 saturated heterocycles. The normalized spacial score (nSPS) is 10.7. The Bertz CT molecular complexity index is 896. The summed E-state index contributed by atoms with van der Waals surface area (Å²) in [5, 5.41) is 6.37. The van der Waals surface area contributed by atoms with Gasteiger partial charge in [0.25, 0.3) is 5.91 Å². The molecule has 1 aromatic heterocycles. The molecule has 0 radical (unpaired) electrons. The zero-order chi connectivity index (χ0) is 17.8. The van der Waals surface area contributed by atoms with Crippen molar-refractivity contribution in [2.24, 2.45) is 0 Å². The summed E-state index contributed by atoms with van der Waals surface area (Å²) in [5.41, 5.74) is 2.12. The number of thiazole rings is 1. The topological polar surface area (TPSA) is 42.0 Å². The van der Waals surface area contributed by atoms with Gasteiger partial charge in [0.15, 0.2) is 0 Å². The fraction of sp³-hybridized carbons (Fsp3) is 0.111. The highest BCUT2D eigenvalue weighted by molar-refractivity contribution is 7.13. The molecule has 3 nitrogen and oxygen atoms in total. The molecular formula is C18H13Cl2FN2OS. The second-order valence-corrected chi connectivity index (χ2v) is 6.98. The average molecular weight is 395 g/mol. The number of hydrogen-bond donors (Lipinski definition) is 1. The summed E-state index contributed by atoms with van der Waals surface area (Å²) in [7, 11) is 0. The smallest absolute Gasteiger partial charge is 0.252 e. The lowest BCUT2D eigenvalue weighted by Crippen LogP contribution is -2.26. The molecule has 0 bridgehead atoms. The first kappa shape index (κ1) is 17.9. The lowest BCUT2D eigenvalue weighted by Gasteiger charge is -2.06. The Morgan fingerprint density at radius 3 is 2.64 bits per heavy atom. The van der Waals surface area contributed by atoms with Crippen LogP contribution in [0.4, 0.5) is 4.39 Å². The van der Waals surface area contributed by atoms with Gasteiger partial charge in [-0.1, -0.05) is 23.2 Å². The highest BCUT2D eigenvalue weighted by Gasteiger charge is 2.11. The van der Waals surface area contributed by atoms with Gasteiger partial charge < -0.3 is 5.32 Å². The summed E-state index contributed by atoms with van der Waals surface area (Å²) >= 11 is 13.3. The van der Waals surface area contributed by atoms with Crippen LogP contribution in [0.15, 0.2) is 47.8 Å². The largest absolute Gasteiger partial charge is 0.352 e. The molecule has 1 heterocycles. The first-order valence-electron chi connectivity index (χ1n) is 7.46. The van der Waals surface area contributed by atoms with Gasteiger partial charge >= 0.3 is 0 Å². The molecule has 3 aromatic rings. The molecular weight excluding hydrogens is 382 g/mol. The monoisotopic (exact) mass is 394 g/mol. The highest BCUT2D eigenvalue weighted by atomic mass is 35.5. The van der Waals surface area contributed by atoms with E-state index in [0.29, 0.717) is 28.6 Å². The van der Waals surface area contributed by atoms with Crippen molar-refractivity contribution in [2.45, 2.75) is 6.42 Å². The minimum absolute atomic E-state index is 0.254. The van der Waals surface area contributed by atoms with Crippen LogP contribution in [-0.2, 0) is 6.42 Å². The van der Waals surface area contributed by atoms with E-state index in [9.17, 15) is 9.18 Å². The molecule has 0 unspecified atom stereocenters. The summed E-state index contributed by atoms with van der Waals surface area (Å²) in [4.78, 5) is 16.6. The third-order valence-electron chi connectivity index (χ3n) is 3.49. The van der Waals surface area contributed by atoms with Gasteiger partial charge in [0.2, 0.25) is 0 Å². The number of nitrogens with one attached hydrogen (secondary N) is 1. The lowest BCUT2D eigenvalue weighted by atomic mass is 10.2.